The number of rotatable bonds is 5. The van der Waals surface area contributed by atoms with Gasteiger partial charge in [0.15, 0.2) is 5.76 Å². The average molecular weight is 341 g/mol. The second kappa shape index (κ2) is 7.53. The van der Waals surface area contributed by atoms with E-state index in [1.54, 1.807) is 24.0 Å². The number of hydrogen-bond donors (Lipinski definition) is 2. The van der Waals surface area contributed by atoms with E-state index in [0.717, 1.165) is 0 Å². The number of carbonyl (C=O) groups is 2. The van der Waals surface area contributed by atoms with Crippen molar-refractivity contribution in [2.45, 2.75) is 18.9 Å². The Morgan fingerprint density at radius 2 is 2.00 bits per heavy atom. The fourth-order valence-electron chi connectivity index (χ4n) is 3.38. The Kier molecular flexibility index (Phi) is 5.19. The number of nitrogens with one attached hydrogen (secondary N) is 1. The smallest absolute Gasteiger partial charge is 0.287 e. The van der Waals surface area contributed by atoms with Gasteiger partial charge in [-0.2, -0.15) is 0 Å². The summed E-state index contributed by atoms with van der Waals surface area (Å²) in [5.74, 6) is 0.155. The predicted molar refractivity (Wildman–Crippen MR) is 93.9 cm³/mol. The lowest BCUT2D eigenvalue weighted by molar-refractivity contribution is -0.131. The van der Waals surface area contributed by atoms with Crippen molar-refractivity contribution in [2.75, 3.05) is 19.6 Å². The minimum absolute atomic E-state index is 0.100. The first-order valence-electron chi connectivity index (χ1n) is 8.48. The van der Waals surface area contributed by atoms with Crippen LogP contribution in [0.5, 0.6) is 0 Å². The monoisotopic (exact) mass is 341 g/mol. The minimum Gasteiger partial charge on any atom is -0.459 e. The molecule has 1 aromatic heterocycles. The van der Waals surface area contributed by atoms with Crippen molar-refractivity contribution in [3.05, 3.63) is 60.1 Å². The molecule has 0 bridgehead atoms. The number of likely N-dealkylation sites (tertiary alicyclic amines) is 1. The number of carbonyl (C=O) groups excluding carboxylic acids is 2. The third-order valence-electron chi connectivity index (χ3n) is 4.75. The maximum atomic E-state index is 12.7. The lowest BCUT2D eigenvalue weighted by atomic mass is 9.89. The van der Waals surface area contributed by atoms with Crippen LogP contribution in [0.4, 0.5) is 0 Å². The van der Waals surface area contributed by atoms with Gasteiger partial charge in [0, 0.05) is 19.0 Å². The van der Waals surface area contributed by atoms with Crippen LogP contribution >= 0.6 is 0 Å². The highest BCUT2D eigenvalue weighted by Crippen LogP contribution is 2.32. The molecule has 0 spiro atoms. The fraction of sp³-hybridized carbons (Fsp3) is 0.368. The first kappa shape index (κ1) is 17.2. The highest BCUT2D eigenvalue weighted by molar-refractivity contribution is 5.95. The summed E-state index contributed by atoms with van der Waals surface area (Å²) in [6.07, 6.45) is 1.43. The maximum absolute atomic E-state index is 12.7. The highest BCUT2D eigenvalue weighted by Gasteiger charge is 2.37. The van der Waals surface area contributed by atoms with Crippen molar-refractivity contribution in [1.82, 2.24) is 10.2 Å². The van der Waals surface area contributed by atoms with Crippen LogP contribution in [0.1, 0.15) is 29.0 Å². The summed E-state index contributed by atoms with van der Waals surface area (Å²) >= 11 is 0. The van der Waals surface area contributed by atoms with Gasteiger partial charge in [-0.1, -0.05) is 30.3 Å². The first-order valence-corrected chi connectivity index (χ1v) is 8.48. The molecule has 132 valence electrons. The molecular weight excluding hydrogens is 318 g/mol. The van der Waals surface area contributed by atoms with Crippen molar-refractivity contribution in [1.29, 1.82) is 0 Å². The molecule has 25 heavy (non-hydrogen) atoms. The molecule has 2 aromatic rings. The molecule has 1 fully saturated rings. The third kappa shape index (κ3) is 3.74. The van der Waals surface area contributed by atoms with Gasteiger partial charge in [-0.15, -0.1) is 0 Å². The van der Waals surface area contributed by atoms with Crippen LogP contribution in [0.2, 0.25) is 0 Å². The lowest BCUT2D eigenvalue weighted by Gasteiger charge is -2.21. The Morgan fingerprint density at radius 1 is 1.24 bits per heavy atom. The van der Waals surface area contributed by atoms with Crippen LogP contribution < -0.4 is 11.1 Å². The molecule has 1 aliphatic heterocycles. The molecule has 6 heteroatoms. The zero-order chi connectivity index (χ0) is 17.8. The molecule has 1 saturated heterocycles. The molecule has 3 N–H and O–H groups in total. The van der Waals surface area contributed by atoms with E-state index in [-0.39, 0.29) is 29.4 Å². The van der Waals surface area contributed by atoms with Gasteiger partial charge in [-0.3, -0.25) is 9.59 Å². The standard InChI is InChI=1S/C19H23N3O3/c1-13(21-18(23)17-8-5-9-25-17)19(24)22-11-15(10-20)16(12-22)14-6-3-2-4-7-14/h2-9,13,15-16H,10-12,20H2,1H3,(H,21,23)/t13?,15-,16+/m1/s1. The summed E-state index contributed by atoms with van der Waals surface area (Å²) in [5, 5.41) is 2.69. The van der Waals surface area contributed by atoms with Gasteiger partial charge in [-0.25, -0.2) is 0 Å². The Bertz CT molecular complexity index is 715. The molecule has 0 saturated carbocycles. The largest absolute Gasteiger partial charge is 0.459 e. The van der Waals surface area contributed by atoms with Crippen molar-refractivity contribution in [2.24, 2.45) is 11.7 Å². The Morgan fingerprint density at radius 3 is 2.64 bits per heavy atom. The summed E-state index contributed by atoms with van der Waals surface area (Å²) in [7, 11) is 0. The number of furan rings is 1. The number of benzene rings is 1. The van der Waals surface area contributed by atoms with E-state index in [1.807, 2.05) is 18.2 Å². The second-order valence-corrected chi connectivity index (χ2v) is 6.43. The maximum Gasteiger partial charge on any atom is 0.287 e. The summed E-state index contributed by atoms with van der Waals surface area (Å²) in [4.78, 5) is 26.6. The Labute approximate surface area is 147 Å². The van der Waals surface area contributed by atoms with Gasteiger partial charge >= 0.3 is 0 Å². The van der Waals surface area contributed by atoms with E-state index in [2.05, 4.69) is 17.4 Å². The molecule has 6 nitrogen and oxygen atoms in total. The molecule has 0 radical (unpaired) electrons. The molecule has 1 aromatic carbocycles. The topological polar surface area (TPSA) is 88.6 Å². The van der Waals surface area contributed by atoms with Crippen LogP contribution in [0.15, 0.2) is 53.1 Å². The van der Waals surface area contributed by atoms with Crippen LogP contribution in [0.3, 0.4) is 0 Å². The van der Waals surface area contributed by atoms with Gasteiger partial charge in [0.25, 0.3) is 5.91 Å². The minimum atomic E-state index is -0.620. The summed E-state index contributed by atoms with van der Waals surface area (Å²) < 4.78 is 5.06. The van der Waals surface area contributed by atoms with Crippen molar-refractivity contribution < 1.29 is 14.0 Å². The van der Waals surface area contributed by atoms with Gasteiger partial charge in [-0.05, 0) is 37.1 Å². The molecule has 0 aliphatic carbocycles. The molecule has 1 aliphatic rings. The van der Waals surface area contributed by atoms with Gasteiger partial charge in [0.2, 0.25) is 5.91 Å². The summed E-state index contributed by atoms with van der Waals surface area (Å²) in [6, 6.07) is 12.7. The molecule has 2 amide bonds. The molecule has 1 unspecified atom stereocenters. The summed E-state index contributed by atoms with van der Waals surface area (Å²) in [6.45, 7) is 3.44. The lowest BCUT2D eigenvalue weighted by Crippen LogP contribution is -2.46. The van der Waals surface area contributed by atoms with E-state index in [1.165, 1.54) is 11.8 Å². The van der Waals surface area contributed by atoms with Crippen LogP contribution in [-0.4, -0.2) is 42.4 Å². The zero-order valence-electron chi connectivity index (χ0n) is 14.2. The van der Waals surface area contributed by atoms with Crippen molar-refractivity contribution in [3.63, 3.8) is 0 Å². The van der Waals surface area contributed by atoms with Gasteiger partial charge in [0.1, 0.15) is 6.04 Å². The molecular formula is C19H23N3O3. The zero-order valence-corrected chi connectivity index (χ0v) is 14.2. The van der Waals surface area contributed by atoms with E-state index in [9.17, 15) is 9.59 Å². The van der Waals surface area contributed by atoms with Crippen LogP contribution in [-0.2, 0) is 4.79 Å². The SMILES string of the molecule is CC(NC(=O)c1ccco1)C(=O)N1C[C@@H](CN)[C@H](c2ccccc2)C1. The Hall–Kier alpha value is -2.60. The van der Waals surface area contributed by atoms with E-state index in [4.69, 9.17) is 10.2 Å². The van der Waals surface area contributed by atoms with Crippen LogP contribution in [0.25, 0.3) is 0 Å². The van der Waals surface area contributed by atoms with Gasteiger partial charge in [0.05, 0.1) is 6.26 Å². The Balaban J connectivity index is 1.65. The van der Waals surface area contributed by atoms with E-state index >= 15 is 0 Å². The fourth-order valence-corrected chi connectivity index (χ4v) is 3.38. The number of nitrogens with zero attached hydrogens (tertiary/aromatic N) is 1. The van der Waals surface area contributed by atoms with Crippen molar-refractivity contribution in [3.8, 4) is 0 Å². The molecule has 3 atom stereocenters. The predicted octanol–water partition coefficient (Wildman–Crippen LogP) is 1.60. The van der Waals surface area contributed by atoms with E-state index in [0.29, 0.717) is 19.6 Å². The molecule has 3 rings (SSSR count). The normalized spacial score (nSPS) is 21.1. The quantitative estimate of drug-likeness (QED) is 0.864. The first-order chi connectivity index (χ1) is 12.1. The average Bonchev–Trinajstić information content (AvgIpc) is 3.31. The second-order valence-electron chi connectivity index (χ2n) is 6.43. The highest BCUT2D eigenvalue weighted by atomic mass is 16.3. The summed E-state index contributed by atoms with van der Waals surface area (Å²) in [5.41, 5.74) is 7.12. The van der Waals surface area contributed by atoms with Crippen molar-refractivity contribution >= 4 is 11.8 Å². The van der Waals surface area contributed by atoms with Crippen LogP contribution in [0, 0.1) is 5.92 Å². The molecule has 2 heterocycles. The van der Waals surface area contributed by atoms with Gasteiger partial charge < -0.3 is 20.4 Å². The number of amides is 2. The number of nitrogens with two attached hydrogens (primary N) is 1. The van der Waals surface area contributed by atoms with E-state index < -0.39 is 6.04 Å². The third-order valence-corrected chi connectivity index (χ3v) is 4.75. The number of hydrogen-bond acceptors (Lipinski definition) is 4.